The van der Waals surface area contributed by atoms with Crippen molar-refractivity contribution in [2.45, 2.75) is 20.3 Å². The summed E-state index contributed by atoms with van der Waals surface area (Å²) in [6.45, 7) is 4.97. The van der Waals surface area contributed by atoms with E-state index in [1.54, 1.807) is 24.3 Å². The zero-order valence-electron chi connectivity index (χ0n) is 9.64. The van der Waals surface area contributed by atoms with Crippen molar-refractivity contribution in [3.63, 3.8) is 0 Å². The highest BCUT2D eigenvalue weighted by Gasteiger charge is 2.12. The molecule has 0 aliphatic rings. The third-order valence-electron chi connectivity index (χ3n) is 2.14. The van der Waals surface area contributed by atoms with Crippen LogP contribution in [0.15, 0.2) is 24.3 Å². The van der Waals surface area contributed by atoms with Crippen LogP contribution in [0.2, 0.25) is 0 Å². The number of carboxylic acid groups (broad SMARTS) is 1. The third-order valence-corrected chi connectivity index (χ3v) is 2.14. The van der Waals surface area contributed by atoms with E-state index in [9.17, 15) is 4.79 Å². The fourth-order valence-corrected chi connectivity index (χ4v) is 1.45. The molecule has 0 spiro atoms. The molecule has 0 aliphatic heterocycles. The maximum Gasteiger partial charge on any atom is 0.411 e. The number of benzene rings is 1. The van der Waals surface area contributed by atoms with Crippen molar-refractivity contribution in [3.05, 3.63) is 24.3 Å². The number of ether oxygens (including phenoxy) is 1. The van der Waals surface area contributed by atoms with E-state index in [2.05, 4.69) is 0 Å². The number of carbonyl (C=O) groups is 1. The van der Waals surface area contributed by atoms with E-state index in [0.717, 1.165) is 12.2 Å². The van der Waals surface area contributed by atoms with Crippen molar-refractivity contribution in [3.8, 4) is 5.75 Å². The molecule has 0 atom stereocenters. The van der Waals surface area contributed by atoms with Gasteiger partial charge in [0.2, 0.25) is 0 Å². The summed E-state index contributed by atoms with van der Waals surface area (Å²) in [7, 11) is 0. The van der Waals surface area contributed by atoms with Gasteiger partial charge in [-0.25, -0.2) is 4.79 Å². The monoisotopic (exact) mass is 223 g/mol. The van der Waals surface area contributed by atoms with Crippen LogP contribution in [-0.2, 0) is 0 Å². The molecule has 1 aromatic rings. The molecule has 1 aromatic carbocycles. The molecule has 0 saturated heterocycles. The summed E-state index contributed by atoms with van der Waals surface area (Å²) >= 11 is 0. The van der Waals surface area contributed by atoms with E-state index < -0.39 is 6.09 Å². The zero-order chi connectivity index (χ0) is 12.0. The van der Waals surface area contributed by atoms with Crippen molar-refractivity contribution in [1.82, 2.24) is 0 Å². The molecule has 88 valence electrons. The van der Waals surface area contributed by atoms with Gasteiger partial charge in [0.05, 0.1) is 6.61 Å². The average molecular weight is 223 g/mol. The van der Waals surface area contributed by atoms with Crippen molar-refractivity contribution in [2.75, 3.05) is 18.1 Å². The quantitative estimate of drug-likeness (QED) is 0.834. The van der Waals surface area contributed by atoms with Crippen molar-refractivity contribution in [1.29, 1.82) is 0 Å². The number of anilines is 1. The normalized spacial score (nSPS) is 9.88. The standard InChI is InChI=1S/C12H17NO3/c1-3-9-13(12(14)15)10-5-7-11(8-6-10)16-4-2/h5-8H,3-4,9H2,1-2H3,(H,14,15). The molecule has 0 aromatic heterocycles. The predicted octanol–water partition coefficient (Wildman–Crippen LogP) is 2.98. The second-order valence-corrected chi connectivity index (χ2v) is 3.36. The number of hydrogen-bond acceptors (Lipinski definition) is 2. The first-order valence-corrected chi connectivity index (χ1v) is 5.42. The SMILES string of the molecule is CCCN(C(=O)O)c1ccc(OCC)cc1. The second-order valence-electron chi connectivity index (χ2n) is 3.36. The molecule has 0 fully saturated rings. The molecule has 1 amide bonds. The lowest BCUT2D eigenvalue weighted by atomic mass is 10.2. The maximum absolute atomic E-state index is 11.0. The Morgan fingerprint density at radius 2 is 1.94 bits per heavy atom. The summed E-state index contributed by atoms with van der Waals surface area (Å²) in [6, 6.07) is 7.08. The Bertz CT molecular complexity index is 335. The Hall–Kier alpha value is -1.71. The second kappa shape index (κ2) is 6.00. The highest BCUT2D eigenvalue weighted by molar-refractivity contribution is 5.85. The molecular weight excluding hydrogens is 206 g/mol. The van der Waals surface area contributed by atoms with Gasteiger partial charge < -0.3 is 9.84 Å². The van der Waals surface area contributed by atoms with Crippen LogP contribution in [0.5, 0.6) is 5.75 Å². The number of rotatable bonds is 5. The van der Waals surface area contributed by atoms with Gasteiger partial charge in [0.15, 0.2) is 0 Å². The van der Waals surface area contributed by atoms with Crippen LogP contribution in [0.4, 0.5) is 10.5 Å². The summed E-state index contributed by atoms with van der Waals surface area (Å²) in [5, 5.41) is 9.03. The van der Waals surface area contributed by atoms with Gasteiger partial charge in [0.25, 0.3) is 0 Å². The van der Waals surface area contributed by atoms with Crippen molar-refractivity contribution >= 4 is 11.8 Å². The van der Waals surface area contributed by atoms with Crippen LogP contribution in [-0.4, -0.2) is 24.4 Å². The highest BCUT2D eigenvalue weighted by Crippen LogP contribution is 2.19. The topological polar surface area (TPSA) is 49.8 Å². The summed E-state index contributed by atoms with van der Waals surface area (Å²) in [5.74, 6) is 0.757. The van der Waals surface area contributed by atoms with Gasteiger partial charge in [0.1, 0.15) is 5.75 Å². The van der Waals surface area contributed by atoms with E-state index in [-0.39, 0.29) is 0 Å². The van der Waals surface area contributed by atoms with E-state index in [1.165, 1.54) is 4.90 Å². The van der Waals surface area contributed by atoms with Crippen LogP contribution in [0.1, 0.15) is 20.3 Å². The summed E-state index contributed by atoms with van der Waals surface area (Å²) < 4.78 is 5.30. The van der Waals surface area contributed by atoms with E-state index in [4.69, 9.17) is 9.84 Å². The zero-order valence-corrected chi connectivity index (χ0v) is 9.64. The largest absolute Gasteiger partial charge is 0.494 e. The van der Waals surface area contributed by atoms with Crippen molar-refractivity contribution < 1.29 is 14.6 Å². The first-order chi connectivity index (χ1) is 7.69. The highest BCUT2D eigenvalue weighted by atomic mass is 16.5. The Balaban J connectivity index is 2.81. The van der Waals surface area contributed by atoms with Crippen molar-refractivity contribution in [2.24, 2.45) is 0 Å². The molecule has 0 unspecified atom stereocenters. The Morgan fingerprint density at radius 1 is 1.31 bits per heavy atom. The molecule has 4 heteroatoms. The van der Waals surface area contributed by atoms with Crippen LogP contribution < -0.4 is 9.64 Å². The lowest BCUT2D eigenvalue weighted by molar-refractivity contribution is 0.202. The molecule has 0 aliphatic carbocycles. The third kappa shape index (κ3) is 3.15. The molecule has 1 N–H and O–H groups in total. The number of amides is 1. The average Bonchev–Trinajstić information content (AvgIpc) is 2.27. The molecule has 0 saturated carbocycles. The Morgan fingerprint density at radius 3 is 2.38 bits per heavy atom. The van der Waals surface area contributed by atoms with E-state index in [0.29, 0.717) is 18.8 Å². The van der Waals surface area contributed by atoms with Crippen LogP contribution in [0.25, 0.3) is 0 Å². The fourth-order valence-electron chi connectivity index (χ4n) is 1.45. The van der Waals surface area contributed by atoms with Gasteiger partial charge in [-0.05, 0) is 37.6 Å². The summed E-state index contributed by atoms with van der Waals surface area (Å²) in [5.41, 5.74) is 0.679. The first kappa shape index (κ1) is 12.4. The number of nitrogens with zero attached hydrogens (tertiary/aromatic N) is 1. The van der Waals surface area contributed by atoms with Gasteiger partial charge in [-0.15, -0.1) is 0 Å². The molecule has 0 bridgehead atoms. The lowest BCUT2D eigenvalue weighted by Gasteiger charge is -2.18. The maximum atomic E-state index is 11.0. The van der Waals surface area contributed by atoms with E-state index in [1.807, 2.05) is 13.8 Å². The van der Waals surface area contributed by atoms with Crippen LogP contribution >= 0.6 is 0 Å². The summed E-state index contributed by atoms with van der Waals surface area (Å²) in [6.07, 6.45) is -0.134. The minimum absolute atomic E-state index is 0.503. The van der Waals surface area contributed by atoms with E-state index >= 15 is 0 Å². The smallest absolute Gasteiger partial charge is 0.411 e. The molecule has 0 radical (unpaired) electrons. The Labute approximate surface area is 95.5 Å². The minimum Gasteiger partial charge on any atom is -0.494 e. The summed E-state index contributed by atoms with van der Waals surface area (Å²) in [4.78, 5) is 12.3. The first-order valence-electron chi connectivity index (χ1n) is 5.42. The Kier molecular flexibility index (Phi) is 4.64. The van der Waals surface area contributed by atoms with Gasteiger partial charge in [0, 0.05) is 12.2 Å². The molecular formula is C12H17NO3. The van der Waals surface area contributed by atoms with Gasteiger partial charge in [-0.2, -0.15) is 0 Å². The predicted molar refractivity (Wildman–Crippen MR) is 63.3 cm³/mol. The van der Waals surface area contributed by atoms with Crippen LogP contribution in [0, 0.1) is 0 Å². The van der Waals surface area contributed by atoms with Gasteiger partial charge in [-0.1, -0.05) is 6.92 Å². The molecule has 1 rings (SSSR count). The van der Waals surface area contributed by atoms with Gasteiger partial charge >= 0.3 is 6.09 Å². The molecule has 16 heavy (non-hydrogen) atoms. The molecule has 0 heterocycles. The molecule has 4 nitrogen and oxygen atoms in total. The van der Waals surface area contributed by atoms with Gasteiger partial charge in [-0.3, -0.25) is 4.90 Å². The van der Waals surface area contributed by atoms with Crippen LogP contribution in [0.3, 0.4) is 0 Å². The lowest BCUT2D eigenvalue weighted by Crippen LogP contribution is -2.29. The fraction of sp³-hybridized carbons (Fsp3) is 0.417. The number of hydrogen-bond donors (Lipinski definition) is 1. The minimum atomic E-state index is -0.925.